The van der Waals surface area contributed by atoms with Gasteiger partial charge in [-0.2, -0.15) is 18.3 Å². The van der Waals surface area contributed by atoms with Crippen molar-refractivity contribution in [2.45, 2.75) is 25.6 Å². The van der Waals surface area contributed by atoms with Crippen molar-refractivity contribution in [2.24, 2.45) is 16.9 Å². The van der Waals surface area contributed by atoms with Crippen LogP contribution < -0.4 is 5.43 Å². The Bertz CT molecular complexity index is 897. The third-order valence-electron chi connectivity index (χ3n) is 4.70. The first kappa shape index (κ1) is 15.9. The molecule has 1 N–H and O–H groups in total. The number of aromatic nitrogens is 2. The van der Waals surface area contributed by atoms with Crippen LogP contribution in [0.5, 0.6) is 0 Å². The van der Waals surface area contributed by atoms with Gasteiger partial charge in [-0.05, 0) is 30.9 Å². The first-order chi connectivity index (χ1) is 11.9. The minimum absolute atomic E-state index is 0.202. The third kappa shape index (κ3) is 2.81. The number of allylic oxidation sites excluding steroid dienone is 2. The smallest absolute Gasteiger partial charge is 0.311 e. The van der Waals surface area contributed by atoms with Gasteiger partial charge in [-0.3, -0.25) is 4.79 Å². The molecule has 1 aromatic carbocycles. The van der Waals surface area contributed by atoms with E-state index in [2.05, 4.69) is 27.7 Å². The summed E-state index contributed by atoms with van der Waals surface area (Å²) in [5, 5.41) is 4.09. The molecule has 0 unspecified atom stereocenters. The molecule has 2 aromatic rings. The first-order valence-corrected chi connectivity index (χ1v) is 7.98. The number of nitrogens with one attached hydrogen (secondary N) is 1. The van der Waals surface area contributed by atoms with E-state index in [1.54, 1.807) is 12.1 Å². The summed E-state index contributed by atoms with van der Waals surface area (Å²) in [7, 11) is 0. The minimum atomic E-state index is -4.64. The molecule has 0 radical (unpaired) electrons. The van der Waals surface area contributed by atoms with Crippen LogP contribution in [-0.2, 0) is 17.5 Å². The Morgan fingerprint density at radius 2 is 2.16 bits per heavy atom. The van der Waals surface area contributed by atoms with Crippen molar-refractivity contribution < 1.29 is 18.0 Å². The molecule has 1 aromatic heterocycles. The summed E-state index contributed by atoms with van der Waals surface area (Å²) >= 11 is 0. The molecule has 0 saturated heterocycles. The number of hydrogen-bond acceptors (Lipinski definition) is 3. The molecule has 2 atom stereocenters. The lowest BCUT2D eigenvalue weighted by Crippen LogP contribution is -2.36. The molecular formula is C17H15F3N4O. The summed E-state index contributed by atoms with van der Waals surface area (Å²) in [6.07, 6.45) is 1.29. The number of rotatable bonds is 3. The molecule has 0 bridgehead atoms. The molecule has 8 heteroatoms. The lowest BCUT2D eigenvalue weighted by Gasteiger charge is -2.31. The molecule has 2 aliphatic rings. The summed E-state index contributed by atoms with van der Waals surface area (Å²) < 4.78 is 40.5. The average Bonchev–Trinajstić information content (AvgIpc) is 3.09. The molecule has 0 spiro atoms. The standard InChI is InChI=1S/C17H15F3N4O/c18-17(19,20)16-21-12-6-1-2-7-14(12)24(16)9-15(25)23-22-13-8-10-4-3-5-11(10)13/h1-4,6-7,10-11H,5,8-9H2,(H,23,25)/b22-13+/t10-,11-/m0/s1. The average molecular weight is 348 g/mol. The van der Waals surface area contributed by atoms with E-state index in [1.807, 2.05) is 0 Å². The Hall–Kier alpha value is -2.64. The van der Waals surface area contributed by atoms with E-state index in [0.29, 0.717) is 11.8 Å². The van der Waals surface area contributed by atoms with E-state index in [0.717, 1.165) is 23.1 Å². The largest absolute Gasteiger partial charge is 0.449 e. The summed E-state index contributed by atoms with van der Waals surface area (Å²) in [6, 6.07) is 6.22. The number of carbonyl (C=O) groups is 1. The molecular weight excluding hydrogens is 333 g/mol. The highest BCUT2D eigenvalue weighted by Gasteiger charge is 2.39. The lowest BCUT2D eigenvalue weighted by molar-refractivity contribution is -0.147. The maximum absolute atomic E-state index is 13.2. The summed E-state index contributed by atoms with van der Waals surface area (Å²) in [4.78, 5) is 15.7. The normalized spacial score (nSPS) is 23.7. The number of fused-ring (bicyclic) bond motifs is 2. The topological polar surface area (TPSA) is 59.3 Å². The SMILES string of the molecule is O=C(Cn1c(C(F)(F)F)nc2ccccc21)N/N=C1\C[C@@H]2C=CC[C@H]12. The van der Waals surface area contributed by atoms with Crippen LogP contribution in [0.2, 0.25) is 0 Å². The van der Waals surface area contributed by atoms with Crippen molar-refractivity contribution in [3.8, 4) is 0 Å². The fraction of sp³-hybridized carbons (Fsp3) is 0.353. The van der Waals surface area contributed by atoms with Crippen molar-refractivity contribution in [3.05, 3.63) is 42.2 Å². The number of hydrogen-bond donors (Lipinski definition) is 1. The van der Waals surface area contributed by atoms with Gasteiger partial charge in [0.15, 0.2) is 0 Å². The van der Waals surface area contributed by atoms with Gasteiger partial charge in [0.25, 0.3) is 5.91 Å². The molecule has 1 fully saturated rings. The molecule has 0 aliphatic heterocycles. The van der Waals surface area contributed by atoms with Gasteiger partial charge in [0.2, 0.25) is 5.82 Å². The van der Waals surface area contributed by atoms with Crippen LogP contribution in [0.25, 0.3) is 11.0 Å². The number of benzene rings is 1. The van der Waals surface area contributed by atoms with Crippen LogP contribution in [0.4, 0.5) is 13.2 Å². The Morgan fingerprint density at radius 3 is 2.92 bits per heavy atom. The number of carbonyl (C=O) groups excluding carboxylic acids is 1. The van der Waals surface area contributed by atoms with Crippen LogP contribution in [0, 0.1) is 11.8 Å². The van der Waals surface area contributed by atoms with Crippen LogP contribution in [-0.4, -0.2) is 21.2 Å². The molecule has 130 valence electrons. The quantitative estimate of drug-likeness (QED) is 0.684. The van der Waals surface area contributed by atoms with Crippen LogP contribution in [0.3, 0.4) is 0 Å². The van der Waals surface area contributed by atoms with E-state index in [-0.39, 0.29) is 11.0 Å². The fourth-order valence-corrected chi connectivity index (χ4v) is 3.43. The zero-order valence-corrected chi connectivity index (χ0v) is 13.1. The monoisotopic (exact) mass is 348 g/mol. The number of alkyl halides is 3. The van der Waals surface area contributed by atoms with Crippen molar-refractivity contribution in [1.82, 2.24) is 15.0 Å². The second-order valence-corrected chi connectivity index (χ2v) is 6.28. The third-order valence-corrected chi connectivity index (χ3v) is 4.70. The predicted molar refractivity (Wildman–Crippen MR) is 85.7 cm³/mol. The number of imidazole rings is 1. The number of para-hydroxylation sites is 2. The van der Waals surface area contributed by atoms with E-state index in [1.165, 1.54) is 12.1 Å². The van der Waals surface area contributed by atoms with Crippen molar-refractivity contribution in [2.75, 3.05) is 0 Å². The van der Waals surface area contributed by atoms with Crippen LogP contribution in [0.15, 0.2) is 41.5 Å². The Balaban J connectivity index is 1.54. The molecule has 4 rings (SSSR count). The van der Waals surface area contributed by atoms with E-state index in [4.69, 9.17) is 0 Å². The molecule has 25 heavy (non-hydrogen) atoms. The second-order valence-electron chi connectivity index (χ2n) is 6.28. The first-order valence-electron chi connectivity index (χ1n) is 7.98. The number of nitrogens with zero attached hydrogens (tertiary/aromatic N) is 3. The van der Waals surface area contributed by atoms with Crippen molar-refractivity contribution >= 4 is 22.7 Å². The van der Waals surface area contributed by atoms with Crippen molar-refractivity contribution in [3.63, 3.8) is 0 Å². The molecule has 1 saturated carbocycles. The van der Waals surface area contributed by atoms with Gasteiger partial charge in [0.1, 0.15) is 6.54 Å². The van der Waals surface area contributed by atoms with E-state index >= 15 is 0 Å². The second kappa shape index (κ2) is 5.72. The number of halogens is 3. The minimum Gasteiger partial charge on any atom is -0.311 e. The lowest BCUT2D eigenvalue weighted by atomic mass is 9.74. The van der Waals surface area contributed by atoms with Gasteiger partial charge in [-0.15, -0.1) is 0 Å². The molecule has 2 aliphatic carbocycles. The maximum Gasteiger partial charge on any atom is 0.449 e. The Morgan fingerprint density at radius 1 is 1.36 bits per heavy atom. The zero-order chi connectivity index (χ0) is 17.6. The Labute approximate surface area is 141 Å². The fourth-order valence-electron chi connectivity index (χ4n) is 3.43. The Kier molecular flexibility index (Phi) is 3.63. The summed E-state index contributed by atoms with van der Waals surface area (Å²) in [5.74, 6) is -0.860. The highest BCUT2D eigenvalue weighted by atomic mass is 19.4. The highest BCUT2D eigenvalue weighted by molar-refractivity contribution is 5.95. The maximum atomic E-state index is 13.2. The van der Waals surface area contributed by atoms with E-state index < -0.39 is 24.5 Å². The van der Waals surface area contributed by atoms with E-state index in [9.17, 15) is 18.0 Å². The summed E-state index contributed by atoms with van der Waals surface area (Å²) in [6.45, 7) is -0.488. The summed E-state index contributed by atoms with van der Waals surface area (Å²) in [5.41, 5.74) is 3.75. The van der Waals surface area contributed by atoms with Crippen LogP contribution >= 0.6 is 0 Å². The van der Waals surface area contributed by atoms with Gasteiger partial charge in [0.05, 0.1) is 11.0 Å². The van der Waals surface area contributed by atoms with Crippen LogP contribution in [0.1, 0.15) is 18.7 Å². The van der Waals surface area contributed by atoms with Gasteiger partial charge >= 0.3 is 6.18 Å². The van der Waals surface area contributed by atoms with Crippen molar-refractivity contribution in [1.29, 1.82) is 0 Å². The zero-order valence-electron chi connectivity index (χ0n) is 13.1. The van der Waals surface area contributed by atoms with Gasteiger partial charge in [-0.25, -0.2) is 10.4 Å². The highest BCUT2D eigenvalue weighted by Crippen LogP contribution is 2.40. The van der Waals surface area contributed by atoms with Gasteiger partial charge < -0.3 is 4.57 Å². The van der Waals surface area contributed by atoms with Gasteiger partial charge in [0, 0.05) is 11.6 Å². The van der Waals surface area contributed by atoms with Gasteiger partial charge in [-0.1, -0.05) is 24.3 Å². The molecule has 1 heterocycles. The molecule has 5 nitrogen and oxygen atoms in total. The number of amides is 1. The molecule has 1 amide bonds. The number of hydrazone groups is 1. The predicted octanol–water partition coefficient (Wildman–Crippen LogP) is 3.12.